The fraction of sp³-hybridized carbons (Fsp3) is 0.909. The molecular formula is C11H24N2O2. The predicted molar refractivity (Wildman–Crippen MR) is 61.6 cm³/mol. The van der Waals surface area contributed by atoms with Crippen LogP contribution in [-0.2, 0) is 9.53 Å². The molecule has 0 aromatic carbocycles. The lowest BCUT2D eigenvalue weighted by atomic mass is 9.98. The summed E-state index contributed by atoms with van der Waals surface area (Å²) in [6.45, 7) is 7.50. The van der Waals surface area contributed by atoms with Crippen molar-refractivity contribution < 1.29 is 9.53 Å². The standard InChI is InChI=1S/C9H18N2O2.C2H6/c1-13-6-5-11-4-2-3-8(7-11)9(10)12;1-2/h8H,2-7H2,1H3,(H2,10,12);1-2H3. The Morgan fingerprint density at radius 2 is 2.20 bits per heavy atom. The van der Waals surface area contributed by atoms with Gasteiger partial charge in [0.05, 0.1) is 12.5 Å². The molecule has 15 heavy (non-hydrogen) atoms. The summed E-state index contributed by atoms with van der Waals surface area (Å²) in [5.74, 6) is -0.118. The first-order chi connectivity index (χ1) is 7.24. The van der Waals surface area contributed by atoms with Crippen molar-refractivity contribution in [2.45, 2.75) is 26.7 Å². The molecule has 1 unspecified atom stereocenters. The van der Waals surface area contributed by atoms with Gasteiger partial charge in [0.15, 0.2) is 0 Å². The number of piperidine rings is 1. The molecule has 1 rings (SSSR count). The van der Waals surface area contributed by atoms with E-state index in [9.17, 15) is 4.79 Å². The Morgan fingerprint density at radius 3 is 2.73 bits per heavy atom. The smallest absolute Gasteiger partial charge is 0.221 e. The Bertz CT molecular complexity index is 174. The van der Waals surface area contributed by atoms with Gasteiger partial charge >= 0.3 is 0 Å². The third-order valence-electron chi connectivity index (χ3n) is 2.52. The zero-order valence-corrected chi connectivity index (χ0v) is 10.2. The molecule has 0 aromatic rings. The van der Waals surface area contributed by atoms with Gasteiger partial charge in [-0.15, -0.1) is 0 Å². The molecule has 0 aliphatic carbocycles. The number of methoxy groups -OCH3 is 1. The maximum atomic E-state index is 10.9. The van der Waals surface area contributed by atoms with E-state index >= 15 is 0 Å². The summed E-state index contributed by atoms with van der Waals surface area (Å²) in [5, 5.41) is 0. The molecule has 0 saturated carbocycles. The minimum atomic E-state index is -0.165. The number of nitrogens with zero attached hydrogens (tertiary/aromatic N) is 1. The monoisotopic (exact) mass is 216 g/mol. The van der Waals surface area contributed by atoms with Crippen molar-refractivity contribution in [3.8, 4) is 0 Å². The maximum absolute atomic E-state index is 10.9. The van der Waals surface area contributed by atoms with Gasteiger partial charge in [-0.05, 0) is 19.4 Å². The number of likely N-dealkylation sites (tertiary alicyclic amines) is 1. The molecule has 0 radical (unpaired) electrons. The fourth-order valence-electron chi connectivity index (χ4n) is 1.71. The van der Waals surface area contributed by atoms with Crippen LogP contribution in [0.25, 0.3) is 0 Å². The number of amides is 1. The summed E-state index contributed by atoms with van der Waals surface area (Å²) in [4.78, 5) is 13.2. The van der Waals surface area contributed by atoms with Crippen molar-refractivity contribution in [1.82, 2.24) is 4.90 Å². The van der Waals surface area contributed by atoms with Gasteiger partial charge in [0, 0.05) is 20.2 Å². The van der Waals surface area contributed by atoms with Gasteiger partial charge in [0.2, 0.25) is 5.91 Å². The van der Waals surface area contributed by atoms with Crippen molar-refractivity contribution >= 4 is 5.91 Å². The number of rotatable bonds is 4. The minimum absolute atomic E-state index is 0.0469. The Labute approximate surface area is 92.8 Å². The van der Waals surface area contributed by atoms with Gasteiger partial charge in [-0.25, -0.2) is 0 Å². The van der Waals surface area contributed by atoms with Crippen LogP contribution in [0, 0.1) is 5.92 Å². The number of carbonyl (C=O) groups is 1. The summed E-state index contributed by atoms with van der Waals surface area (Å²) < 4.78 is 4.98. The van der Waals surface area contributed by atoms with Crippen molar-refractivity contribution in [2.24, 2.45) is 11.7 Å². The molecule has 1 heterocycles. The average Bonchev–Trinajstić information content (AvgIpc) is 2.29. The Morgan fingerprint density at radius 1 is 1.53 bits per heavy atom. The van der Waals surface area contributed by atoms with Crippen LogP contribution in [0.2, 0.25) is 0 Å². The molecule has 1 aliphatic rings. The van der Waals surface area contributed by atoms with E-state index in [0.29, 0.717) is 0 Å². The second-order valence-electron chi connectivity index (χ2n) is 3.53. The first-order valence-corrected chi connectivity index (χ1v) is 5.74. The molecule has 0 spiro atoms. The van der Waals surface area contributed by atoms with Gasteiger partial charge in [-0.3, -0.25) is 4.79 Å². The zero-order chi connectivity index (χ0) is 11.7. The van der Waals surface area contributed by atoms with E-state index in [4.69, 9.17) is 10.5 Å². The van der Waals surface area contributed by atoms with E-state index < -0.39 is 0 Å². The molecular weight excluding hydrogens is 192 g/mol. The topological polar surface area (TPSA) is 55.6 Å². The fourth-order valence-corrected chi connectivity index (χ4v) is 1.71. The summed E-state index contributed by atoms with van der Waals surface area (Å²) >= 11 is 0. The van der Waals surface area contributed by atoms with Crippen LogP contribution >= 0.6 is 0 Å². The molecule has 1 fully saturated rings. The number of hydrogen-bond acceptors (Lipinski definition) is 3. The highest BCUT2D eigenvalue weighted by Gasteiger charge is 2.23. The number of ether oxygens (including phenoxy) is 1. The van der Waals surface area contributed by atoms with E-state index in [1.807, 2.05) is 13.8 Å². The quantitative estimate of drug-likeness (QED) is 0.758. The Kier molecular flexibility index (Phi) is 8.33. The van der Waals surface area contributed by atoms with Gasteiger partial charge < -0.3 is 15.4 Å². The van der Waals surface area contributed by atoms with E-state index in [0.717, 1.165) is 39.1 Å². The van der Waals surface area contributed by atoms with Crippen molar-refractivity contribution in [2.75, 3.05) is 33.4 Å². The van der Waals surface area contributed by atoms with Crippen LogP contribution in [0.3, 0.4) is 0 Å². The SMILES string of the molecule is CC.COCCN1CCCC(C(N)=O)C1. The predicted octanol–water partition coefficient (Wildman–Crippen LogP) is 0.856. The second kappa shape index (κ2) is 8.68. The molecule has 2 N–H and O–H groups in total. The van der Waals surface area contributed by atoms with Crippen molar-refractivity contribution in [1.29, 1.82) is 0 Å². The van der Waals surface area contributed by atoms with E-state index in [-0.39, 0.29) is 11.8 Å². The molecule has 4 nitrogen and oxygen atoms in total. The molecule has 1 aliphatic heterocycles. The maximum Gasteiger partial charge on any atom is 0.221 e. The van der Waals surface area contributed by atoms with Crippen LogP contribution in [0.1, 0.15) is 26.7 Å². The van der Waals surface area contributed by atoms with Crippen LogP contribution in [0.4, 0.5) is 0 Å². The van der Waals surface area contributed by atoms with Gasteiger partial charge in [0.1, 0.15) is 0 Å². The summed E-state index contributed by atoms with van der Waals surface area (Å²) in [7, 11) is 1.69. The Hall–Kier alpha value is -0.610. The van der Waals surface area contributed by atoms with E-state index in [1.54, 1.807) is 7.11 Å². The molecule has 4 heteroatoms. The van der Waals surface area contributed by atoms with Gasteiger partial charge in [-0.2, -0.15) is 0 Å². The number of primary amides is 1. The lowest BCUT2D eigenvalue weighted by Crippen LogP contribution is -2.42. The summed E-state index contributed by atoms with van der Waals surface area (Å²) in [5.41, 5.74) is 5.26. The van der Waals surface area contributed by atoms with Gasteiger partial charge in [0.25, 0.3) is 0 Å². The van der Waals surface area contributed by atoms with Crippen LogP contribution < -0.4 is 5.73 Å². The number of carbonyl (C=O) groups excluding carboxylic acids is 1. The molecule has 0 bridgehead atoms. The van der Waals surface area contributed by atoms with E-state index in [2.05, 4.69) is 4.90 Å². The third-order valence-corrected chi connectivity index (χ3v) is 2.52. The van der Waals surface area contributed by atoms with Crippen LogP contribution in [0.5, 0.6) is 0 Å². The minimum Gasteiger partial charge on any atom is -0.383 e. The molecule has 1 amide bonds. The van der Waals surface area contributed by atoms with Crippen molar-refractivity contribution in [3.63, 3.8) is 0 Å². The molecule has 1 saturated heterocycles. The first-order valence-electron chi connectivity index (χ1n) is 5.74. The molecule has 90 valence electrons. The largest absolute Gasteiger partial charge is 0.383 e. The number of nitrogens with two attached hydrogens (primary N) is 1. The zero-order valence-electron chi connectivity index (χ0n) is 10.2. The third kappa shape index (κ3) is 5.74. The van der Waals surface area contributed by atoms with Crippen molar-refractivity contribution in [3.05, 3.63) is 0 Å². The lowest BCUT2D eigenvalue weighted by Gasteiger charge is -2.30. The summed E-state index contributed by atoms with van der Waals surface area (Å²) in [6, 6.07) is 0. The first kappa shape index (κ1) is 14.4. The average molecular weight is 216 g/mol. The highest BCUT2D eigenvalue weighted by molar-refractivity contribution is 5.76. The molecule has 1 atom stereocenters. The second-order valence-corrected chi connectivity index (χ2v) is 3.53. The lowest BCUT2D eigenvalue weighted by molar-refractivity contribution is -0.123. The number of hydrogen-bond donors (Lipinski definition) is 1. The highest BCUT2D eigenvalue weighted by Crippen LogP contribution is 2.15. The van der Waals surface area contributed by atoms with E-state index in [1.165, 1.54) is 0 Å². The highest BCUT2D eigenvalue weighted by atomic mass is 16.5. The summed E-state index contributed by atoms with van der Waals surface area (Å²) in [6.07, 6.45) is 2.01. The normalized spacial score (nSPS) is 21.7. The van der Waals surface area contributed by atoms with Gasteiger partial charge in [-0.1, -0.05) is 13.8 Å². The van der Waals surface area contributed by atoms with Crippen LogP contribution in [-0.4, -0.2) is 44.2 Å². The Balaban J connectivity index is 0.000000921. The van der Waals surface area contributed by atoms with Crippen LogP contribution in [0.15, 0.2) is 0 Å². The molecule has 0 aromatic heterocycles.